The molecule has 2 saturated carbocycles. The SMILES string of the molecule is CC(C)(CN1CC2(CC(NC3CC3)C2)C1)C(N)=O. The second kappa shape index (κ2) is 3.94. The first-order valence-electron chi connectivity index (χ1n) is 7.17. The Morgan fingerprint density at radius 1 is 1.33 bits per heavy atom. The number of nitrogens with one attached hydrogen (secondary N) is 1. The van der Waals surface area contributed by atoms with Gasteiger partial charge in [-0.3, -0.25) is 4.79 Å². The molecule has 2 aliphatic carbocycles. The van der Waals surface area contributed by atoms with Gasteiger partial charge in [-0.05, 0) is 44.9 Å². The topological polar surface area (TPSA) is 58.4 Å². The van der Waals surface area contributed by atoms with Gasteiger partial charge in [0.05, 0.1) is 5.41 Å². The Morgan fingerprint density at radius 2 is 1.94 bits per heavy atom. The predicted octanol–water partition coefficient (Wildman–Crippen LogP) is 0.714. The molecule has 3 rings (SSSR count). The number of nitrogens with zero attached hydrogens (tertiary/aromatic N) is 1. The van der Waals surface area contributed by atoms with Crippen LogP contribution in [0.4, 0.5) is 0 Å². The van der Waals surface area contributed by atoms with Gasteiger partial charge in [-0.15, -0.1) is 0 Å². The van der Waals surface area contributed by atoms with E-state index in [0.717, 1.165) is 31.7 Å². The minimum Gasteiger partial charge on any atom is -0.369 e. The van der Waals surface area contributed by atoms with Gasteiger partial charge in [0, 0.05) is 31.7 Å². The third-order valence-electron chi connectivity index (χ3n) is 4.81. The second-order valence-electron chi connectivity index (χ2n) is 7.44. The van der Waals surface area contributed by atoms with Crippen LogP contribution in [0.5, 0.6) is 0 Å². The normalized spacial score (nSPS) is 27.9. The molecule has 0 atom stereocenters. The minimum absolute atomic E-state index is 0.190. The van der Waals surface area contributed by atoms with Crippen molar-refractivity contribution in [3.63, 3.8) is 0 Å². The third kappa shape index (κ3) is 2.28. The van der Waals surface area contributed by atoms with Crippen LogP contribution in [-0.4, -0.2) is 42.5 Å². The molecule has 0 aromatic rings. The van der Waals surface area contributed by atoms with Gasteiger partial charge in [0.1, 0.15) is 0 Å². The maximum absolute atomic E-state index is 11.3. The molecule has 3 N–H and O–H groups in total. The van der Waals surface area contributed by atoms with E-state index in [2.05, 4.69) is 10.2 Å². The van der Waals surface area contributed by atoms with Crippen LogP contribution in [0.2, 0.25) is 0 Å². The fraction of sp³-hybridized carbons (Fsp3) is 0.929. The lowest BCUT2D eigenvalue weighted by Gasteiger charge is -2.60. The fourth-order valence-corrected chi connectivity index (χ4v) is 3.60. The van der Waals surface area contributed by atoms with Crippen LogP contribution in [0.1, 0.15) is 39.5 Å². The Morgan fingerprint density at radius 3 is 2.44 bits per heavy atom. The Labute approximate surface area is 109 Å². The number of nitrogens with two attached hydrogens (primary N) is 1. The summed E-state index contributed by atoms with van der Waals surface area (Å²) < 4.78 is 0. The van der Waals surface area contributed by atoms with Crippen molar-refractivity contribution in [1.29, 1.82) is 0 Å². The van der Waals surface area contributed by atoms with E-state index < -0.39 is 5.41 Å². The number of carbonyl (C=O) groups is 1. The van der Waals surface area contributed by atoms with Crippen molar-refractivity contribution in [2.24, 2.45) is 16.6 Å². The Kier molecular flexibility index (Phi) is 2.72. The summed E-state index contributed by atoms with van der Waals surface area (Å²) in [4.78, 5) is 13.7. The predicted molar refractivity (Wildman–Crippen MR) is 71.0 cm³/mol. The molecule has 0 aromatic carbocycles. The van der Waals surface area contributed by atoms with E-state index >= 15 is 0 Å². The average molecular weight is 251 g/mol. The van der Waals surface area contributed by atoms with Gasteiger partial charge in [-0.1, -0.05) is 0 Å². The number of likely N-dealkylation sites (tertiary alicyclic amines) is 1. The molecular weight excluding hydrogens is 226 g/mol. The van der Waals surface area contributed by atoms with Gasteiger partial charge in [-0.2, -0.15) is 0 Å². The number of carbonyl (C=O) groups excluding carboxylic acids is 1. The summed E-state index contributed by atoms with van der Waals surface area (Å²) in [5, 5.41) is 3.70. The van der Waals surface area contributed by atoms with Crippen molar-refractivity contribution in [2.45, 2.75) is 51.6 Å². The van der Waals surface area contributed by atoms with Crippen LogP contribution < -0.4 is 11.1 Å². The van der Waals surface area contributed by atoms with E-state index in [0.29, 0.717) is 5.41 Å². The van der Waals surface area contributed by atoms with Gasteiger partial charge >= 0.3 is 0 Å². The second-order valence-corrected chi connectivity index (χ2v) is 7.44. The quantitative estimate of drug-likeness (QED) is 0.757. The van der Waals surface area contributed by atoms with E-state index in [9.17, 15) is 4.79 Å². The average Bonchev–Trinajstić information content (AvgIpc) is 2.94. The molecule has 1 spiro atoms. The van der Waals surface area contributed by atoms with Crippen LogP contribution in [0.3, 0.4) is 0 Å². The highest BCUT2D eigenvalue weighted by Crippen LogP contribution is 2.49. The molecule has 4 nitrogen and oxygen atoms in total. The highest BCUT2D eigenvalue weighted by atomic mass is 16.1. The molecule has 4 heteroatoms. The molecule has 0 aromatic heterocycles. The van der Waals surface area contributed by atoms with Crippen molar-refractivity contribution in [3.05, 3.63) is 0 Å². The molecule has 0 radical (unpaired) electrons. The standard InChI is InChI=1S/C14H25N3O/c1-13(2,12(15)18)7-17-8-14(9-17)5-11(6-14)16-10-3-4-10/h10-11,16H,3-9H2,1-2H3,(H2,15,18). The zero-order valence-corrected chi connectivity index (χ0v) is 11.5. The molecule has 3 aliphatic rings. The van der Waals surface area contributed by atoms with Crippen molar-refractivity contribution < 1.29 is 4.79 Å². The number of hydrogen-bond acceptors (Lipinski definition) is 3. The fourth-order valence-electron chi connectivity index (χ4n) is 3.60. The summed E-state index contributed by atoms with van der Waals surface area (Å²) in [6, 6.07) is 1.60. The van der Waals surface area contributed by atoms with Crippen molar-refractivity contribution in [1.82, 2.24) is 10.2 Å². The van der Waals surface area contributed by atoms with Crippen molar-refractivity contribution >= 4 is 5.91 Å². The molecule has 1 aliphatic heterocycles. The van der Waals surface area contributed by atoms with Crippen molar-refractivity contribution in [2.75, 3.05) is 19.6 Å². The van der Waals surface area contributed by atoms with E-state index in [4.69, 9.17) is 5.73 Å². The molecule has 0 unspecified atom stereocenters. The molecule has 0 bridgehead atoms. The largest absolute Gasteiger partial charge is 0.369 e. The van der Waals surface area contributed by atoms with Crippen molar-refractivity contribution in [3.8, 4) is 0 Å². The molecule has 102 valence electrons. The Hall–Kier alpha value is -0.610. The van der Waals surface area contributed by atoms with Crippen LogP contribution in [-0.2, 0) is 4.79 Å². The van der Waals surface area contributed by atoms with Gasteiger partial charge in [0.2, 0.25) is 5.91 Å². The monoisotopic (exact) mass is 251 g/mol. The van der Waals surface area contributed by atoms with Crippen LogP contribution in [0.15, 0.2) is 0 Å². The van der Waals surface area contributed by atoms with Gasteiger partial charge in [-0.25, -0.2) is 0 Å². The van der Waals surface area contributed by atoms with Gasteiger partial charge < -0.3 is 16.0 Å². The van der Waals surface area contributed by atoms with Crippen LogP contribution in [0, 0.1) is 10.8 Å². The Balaban J connectivity index is 1.40. The maximum atomic E-state index is 11.3. The number of rotatable bonds is 5. The van der Waals surface area contributed by atoms with Gasteiger partial charge in [0.25, 0.3) is 0 Å². The molecular formula is C14H25N3O. The summed E-state index contributed by atoms with van der Waals surface area (Å²) in [5.41, 5.74) is 5.60. The van der Waals surface area contributed by atoms with Crippen LogP contribution in [0.25, 0.3) is 0 Å². The lowest BCUT2D eigenvalue weighted by Crippen LogP contribution is -2.67. The maximum Gasteiger partial charge on any atom is 0.224 e. The summed E-state index contributed by atoms with van der Waals surface area (Å²) in [5.74, 6) is -0.190. The molecule has 1 saturated heterocycles. The van der Waals surface area contributed by atoms with E-state index in [1.54, 1.807) is 0 Å². The zero-order chi connectivity index (χ0) is 13.0. The summed E-state index contributed by atoms with van der Waals surface area (Å²) in [6.45, 7) is 7.01. The molecule has 18 heavy (non-hydrogen) atoms. The van der Waals surface area contributed by atoms with E-state index in [1.165, 1.54) is 25.7 Å². The third-order valence-corrected chi connectivity index (χ3v) is 4.81. The van der Waals surface area contributed by atoms with Gasteiger partial charge in [0.15, 0.2) is 0 Å². The van der Waals surface area contributed by atoms with Crippen LogP contribution >= 0.6 is 0 Å². The summed E-state index contributed by atoms with van der Waals surface area (Å²) >= 11 is 0. The zero-order valence-electron chi connectivity index (χ0n) is 11.5. The smallest absolute Gasteiger partial charge is 0.224 e. The highest BCUT2D eigenvalue weighted by Gasteiger charge is 2.53. The number of primary amides is 1. The first-order valence-corrected chi connectivity index (χ1v) is 7.17. The molecule has 3 fully saturated rings. The van der Waals surface area contributed by atoms with E-state index in [-0.39, 0.29) is 5.91 Å². The lowest BCUT2D eigenvalue weighted by atomic mass is 9.60. The first-order chi connectivity index (χ1) is 8.39. The molecule has 1 amide bonds. The summed E-state index contributed by atoms with van der Waals surface area (Å²) in [7, 11) is 0. The minimum atomic E-state index is -0.392. The Bertz CT molecular complexity index is 348. The number of hydrogen-bond donors (Lipinski definition) is 2. The summed E-state index contributed by atoms with van der Waals surface area (Å²) in [6.07, 6.45) is 5.42. The first kappa shape index (κ1) is 12.4. The number of amides is 1. The highest BCUT2D eigenvalue weighted by molar-refractivity contribution is 5.80. The van der Waals surface area contributed by atoms with E-state index in [1.807, 2.05) is 13.8 Å². The molecule has 1 heterocycles. The lowest BCUT2D eigenvalue weighted by molar-refractivity contribution is -0.133.